The first-order valence-corrected chi connectivity index (χ1v) is 8.61. The van der Waals surface area contributed by atoms with E-state index in [1.165, 1.54) is 6.07 Å². The van der Waals surface area contributed by atoms with Crippen molar-refractivity contribution in [2.24, 2.45) is 0 Å². The number of aromatic nitrogens is 1. The maximum absolute atomic E-state index is 11.3. The zero-order valence-corrected chi connectivity index (χ0v) is 11.4. The molecular formula is C8H8N2O5S3. The summed E-state index contributed by atoms with van der Waals surface area (Å²) in [7, 11) is -7.93. The van der Waals surface area contributed by atoms with Crippen LogP contribution in [0.1, 0.15) is 0 Å². The van der Waals surface area contributed by atoms with Crippen LogP contribution in [0, 0.1) is 0 Å². The predicted octanol–water partition coefficient (Wildman–Crippen LogP) is 0.529. The molecule has 0 fully saturated rings. The average Bonchev–Trinajstić information content (AvgIpc) is 2.56. The van der Waals surface area contributed by atoms with Crippen LogP contribution in [0.2, 0.25) is 0 Å². The fourth-order valence-electron chi connectivity index (χ4n) is 1.33. The van der Waals surface area contributed by atoms with Gasteiger partial charge in [0.05, 0.1) is 15.9 Å². The van der Waals surface area contributed by atoms with E-state index >= 15 is 0 Å². The first-order valence-electron chi connectivity index (χ1n) is 4.46. The number of nitrogen functional groups attached to an aromatic ring is 1. The highest BCUT2D eigenvalue weighted by molar-refractivity contribution is 7.92. The number of anilines is 1. The lowest BCUT2D eigenvalue weighted by Crippen LogP contribution is -2.02. The number of hydrogen-bond donors (Lipinski definition) is 2. The molecule has 1 aromatic carbocycles. The Morgan fingerprint density at radius 2 is 1.89 bits per heavy atom. The van der Waals surface area contributed by atoms with Crippen molar-refractivity contribution in [2.75, 3.05) is 12.0 Å². The molecular weight excluding hydrogens is 300 g/mol. The molecule has 1 heterocycles. The third-order valence-corrected chi connectivity index (χ3v) is 5.70. The third-order valence-electron chi connectivity index (χ3n) is 2.10. The topological polar surface area (TPSA) is 127 Å². The molecule has 0 aliphatic carbocycles. The summed E-state index contributed by atoms with van der Waals surface area (Å²) in [5.41, 5.74) is 5.48. The molecule has 1 aromatic heterocycles. The molecule has 0 radical (unpaired) electrons. The fourth-order valence-corrected chi connectivity index (χ4v) is 3.81. The Morgan fingerprint density at radius 3 is 2.39 bits per heavy atom. The van der Waals surface area contributed by atoms with Crippen LogP contribution in [-0.4, -0.2) is 32.6 Å². The molecule has 10 heteroatoms. The van der Waals surface area contributed by atoms with E-state index < -0.39 is 24.9 Å². The number of sulfone groups is 1. The molecule has 2 rings (SSSR count). The molecule has 7 nitrogen and oxygen atoms in total. The minimum atomic E-state index is -4.46. The second kappa shape index (κ2) is 3.88. The quantitative estimate of drug-likeness (QED) is 0.611. The van der Waals surface area contributed by atoms with E-state index in [-0.39, 0.29) is 15.5 Å². The van der Waals surface area contributed by atoms with Gasteiger partial charge in [0.15, 0.2) is 0 Å². The summed E-state index contributed by atoms with van der Waals surface area (Å²) < 4.78 is 53.9. The Morgan fingerprint density at radius 1 is 1.28 bits per heavy atom. The summed E-state index contributed by atoms with van der Waals surface area (Å²) in [6.45, 7) is 0. The van der Waals surface area contributed by atoms with E-state index in [1.807, 2.05) is 0 Å². The van der Waals surface area contributed by atoms with Crippen molar-refractivity contribution >= 4 is 47.2 Å². The van der Waals surface area contributed by atoms with Crippen LogP contribution in [0.25, 0.3) is 10.2 Å². The number of hydrogen-bond acceptors (Lipinski definition) is 7. The largest absolute Gasteiger partial charge is 0.398 e. The molecule has 0 atom stereocenters. The fraction of sp³-hybridized carbons (Fsp3) is 0.125. The van der Waals surface area contributed by atoms with Gasteiger partial charge in [0.2, 0.25) is 14.2 Å². The van der Waals surface area contributed by atoms with Crippen LogP contribution < -0.4 is 5.73 Å². The van der Waals surface area contributed by atoms with Crippen molar-refractivity contribution in [3.8, 4) is 0 Å². The van der Waals surface area contributed by atoms with Gasteiger partial charge in [-0.15, -0.1) is 11.3 Å². The first kappa shape index (κ1) is 13.2. The van der Waals surface area contributed by atoms with Gasteiger partial charge in [-0.05, 0) is 12.1 Å². The molecule has 98 valence electrons. The highest BCUT2D eigenvalue weighted by Gasteiger charge is 2.19. The normalized spacial score (nSPS) is 13.0. The van der Waals surface area contributed by atoms with Gasteiger partial charge in [-0.1, -0.05) is 0 Å². The number of nitrogens with zero attached hydrogens (tertiary/aromatic N) is 1. The minimum Gasteiger partial charge on any atom is -0.398 e. The van der Waals surface area contributed by atoms with Crippen LogP contribution in [-0.2, 0) is 20.0 Å². The Labute approximate surface area is 107 Å². The van der Waals surface area contributed by atoms with Gasteiger partial charge in [0.1, 0.15) is 4.90 Å². The van der Waals surface area contributed by atoms with Crippen molar-refractivity contribution < 1.29 is 21.4 Å². The van der Waals surface area contributed by atoms with E-state index in [4.69, 9.17) is 10.3 Å². The zero-order chi connectivity index (χ0) is 13.7. The molecule has 0 bridgehead atoms. The molecule has 0 unspecified atom stereocenters. The van der Waals surface area contributed by atoms with Crippen LogP contribution in [0.5, 0.6) is 0 Å². The van der Waals surface area contributed by atoms with Gasteiger partial charge in [-0.25, -0.2) is 13.4 Å². The van der Waals surface area contributed by atoms with Crippen LogP contribution >= 0.6 is 11.3 Å². The summed E-state index contributed by atoms with van der Waals surface area (Å²) >= 11 is 0.882. The van der Waals surface area contributed by atoms with Crippen molar-refractivity contribution in [3.05, 3.63) is 12.1 Å². The lowest BCUT2D eigenvalue weighted by atomic mass is 10.3. The standard InChI is InChI=1S/C8H8N2O5S3/c1-17(11,12)8-10-5-3-7(18(13,14)15)4(9)2-6(5)16-8/h2-3H,9H2,1H3,(H,13,14,15). The molecule has 3 N–H and O–H groups in total. The highest BCUT2D eigenvalue weighted by atomic mass is 32.2. The molecule has 2 aromatic rings. The van der Waals surface area contributed by atoms with Crippen LogP contribution in [0.3, 0.4) is 0 Å². The van der Waals surface area contributed by atoms with Crippen molar-refractivity contribution in [1.82, 2.24) is 4.98 Å². The van der Waals surface area contributed by atoms with Crippen molar-refractivity contribution in [1.29, 1.82) is 0 Å². The summed E-state index contributed by atoms with van der Waals surface area (Å²) in [4.78, 5) is 3.31. The number of fused-ring (bicyclic) bond motifs is 1. The van der Waals surface area contributed by atoms with Crippen molar-refractivity contribution in [2.45, 2.75) is 9.24 Å². The summed E-state index contributed by atoms with van der Waals surface area (Å²) in [5.74, 6) is 0. The van der Waals surface area contributed by atoms with Gasteiger partial charge in [0, 0.05) is 6.26 Å². The van der Waals surface area contributed by atoms with Crippen LogP contribution in [0.4, 0.5) is 5.69 Å². The molecule has 0 saturated heterocycles. The maximum atomic E-state index is 11.3. The van der Waals surface area contributed by atoms with E-state index in [9.17, 15) is 16.8 Å². The monoisotopic (exact) mass is 308 g/mol. The Balaban J connectivity index is 2.81. The number of benzene rings is 1. The molecule has 0 aliphatic heterocycles. The lowest BCUT2D eigenvalue weighted by molar-refractivity contribution is 0.483. The minimum absolute atomic E-state index is 0.135. The lowest BCUT2D eigenvalue weighted by Gasteiger charge is -2.00. The second-order valence-electron chi connectivity index (χ2n) is 3.58. The summed E-state index contributed by atoms with van der Waals surface area (Å²) in [5, 5.41) is 0. The Bertz CT molecular complexity index is 835. The second-order valence-corrected chi connectivity index (χ2v) is 8.19. The first-order chi connectivity index (χ1) is 8.09. The van der Waals surface area contributed by atoms with E-state index in [0.29, 0.717) is 4.70 Å². The molecule has 0 saturated carbocycles. The molecule has 0 amide bonds. The number of nitrogens with two attached hydrogens (primary N) is 1. The third kappa shape index (κ3) is 2.32. The average molecular weight is 308 g/mol. The number of rotatable bonds is 2. The van der Waals surface area contributed by atoms with Gasteiger partial charge in [-0.2, -0.15) is 8.42 Å². The summed E-state index contributed by atoms with van der Waals surface area (Å²) in [6.07, 6.45) is 0.998. The molecule has 0 spiro atoms. The maximum Gasteiger partial charge on any atom is 0.296 e. The zero-order valence-electron chi connectivity index (χ0n) is 8.98. The van der Waals surface area contributed by atoms with E-state index in [2.05, 4.69) is 4.98 Å². The highest BCUT2D eigenvalue weighted by Crippen LogP contribution is 2.31. The number of thiazole rings is 1. The Kier molecular flexibility index (Phi) is 2.85. The Hall–Kier alpha value is -1.23. The molecule has 18 heavy (non-hydrogen) atoms. The van der Waals surface area contributed by atoms with Gasteiger partial charge in [0.25, 0.3) is 10.1 Å². The predicted molar refractivity (Wildman–Crippen MR) is 67.0 cm³/mol. The van der Waals surface area contributed by atoms with Crippen LogP contribution in [0.15, 0.2) is 21.4 Å². The van der Waals surface area contributed by atoms with E-state index in [0.717, 1.165) is 23.7 Å². The van der Waals surface area contributed by atoms with Gasteiger partial charge in [-0.3, -0.25) is 4.55 Å². The SMILES string of the molecule is CS(=O)(=O)c1nc2cc(S(=O)(=O)O)c(N)cc2s1. The molecule has 0 aliphatic rings. The van der Waals surface area contributed by atoms with Gasteiger partial charge >= 0.3 is 0 Å². The van der Waals surface area contributed by atoms with Gasteiger partial charge < -0.3 is 5.73 Å². The van der Waals surface area contributed by atoms with E-state index in [1.54, 1.807) is 0 Å². The summed E-state index contributed by atoms with van der Waals surface area (Å²) in [6, 6.07) is 2.32. The smallest absolute Gasteiger partial charge is 0.296 e. The van der Waals surface area contributed by atoms with Crippen molar-refractivity contribution in [3.63, 3.8) is 0 Å².